The number of carbonyl (C=O) groups excluding carboxylic acids is 1. The lowest BCUT2D eigenvalue weighted by atomic mass is 9.95. The van der Waals surface area contributed by atoms with Gasteiger partial charge in [0.15, 0.2) is 0 Å². The van der Waals surface area contributed by atoms with Crippen LogP contribution in [0.2, 0.25) is 0 Å². The standard InChI is InChI=1S/C21H29N3O3/c1-4-5-12-23-15-11-22-20(23)16-9-13-24(14-10-16)21(25)19-17(26-2)7-6-8-18(19)27-3/h6-8,11,15-16H,4-5,9-10,12-14H2,1-3H3. The van der Waals surface area contributed by atoms with E-state index in [1.165, 1.54) is 6.42 Å². The fraction of sp³-hybridized carbons (Fsp3) is 0.524. The Morgan fingerprint density at radius 1 is 1.19 bits per heavy atom. The number of piperidine rings is 1. The highest BCUT2D eigenvalue weighted by Gasteiger charge is 2.29. The second kappa shape index (κ2) is 8.93. The van der Waals surface area contributed by atoms with E-state index in [0.29, 0.717) is 36.1 Å². The number of aryl methyl sites for hydroxylation is 1. The molecular weight excluding hydrogens is 342 g/mol. The Hall–Kier alpha value is -2.50. The van der Waals surface area contributed by atoms with Crippen LogP contribution in [0.4, 0.5) is 0 Å². The number of aromatic nitrogens is 2. The number of likely N-dealkylation sites (tertiary alicyclic amines) is 1. The SMILES string of the molecule is CCCCn1ccnc1C1CCN(C(=O)c2c(OC)cccc2OC)CC1. The van der Waals surface area contributed by atoms with E-state index in [-0.39, 0.29) is 5.91 Å². The molecular formula is C21H29N3O3. The Kier molecular flexibility index (Phi) is 6.37. The molecule has 0 saturated carbocycles. The second-order valence-corrected chi connectivity index (χ2v) is 6.94. The first-order valence-electron chi connectivity index (χ1n) is 9.70. The van der Waals surface area contributed by atoms with E-state index >= 15 is 0 Å². The molecule has 6 heteroatoms. The zero-order valence-electron chi connectivity index (χ0n) is 16.5. The molecule has 0 aliphatic carbocycles. The molecule has 1 saturated heterocycles. The largest absolute Gasteiger partial charge is 0.496 e. The Morgan fingerprint density at radius 2 is 1.85 bits per heavy atom. The van der Waals surface area contributed by atoms with Crippen LogP contribution in [0, 0.1) is 0 Å². The molecule has 0 atom stereocenters. The number of hydrogen-bond donors (Lipinski definition) is 0. The maximum Gasteiger partial charge on any atom is 0.261 e. The smallest absolute Gasteiger partial charge is 0.261 e. The Balaban J connectivity index is 1.70. The highest BCUT2D eigenvalue weighted by Crippen LogP contribution is 2.33. The molecule has 2 aromatic rings. The molecule has 0 unspecified atom stereocenters. The van der Waals surface area contributed by atoms with Crippen molar-refractivity contribution in [3.63, 3.8) is 0 Å². The Bertz CT molecular complexity index is 742. The first kappa shape index (κ1) is 19.3. The molecule has 1 aliphatic rings. The van der Waals surface area contributed by atoms with Gasteiger partial charge in [0.05, 0.1) is 14.2 Å². The maximum atomic E-state index is 13.1. The number of ether oxygens (including phenoxy) is 2. The average molecular weight is 371 g/mol. The molecule has 27 heavy (non-hydrogen) atoms. The summed E-state index contributed by atoms with van der Waals surface area (Å²) < 4.78 is 13.1. The highest BCUT2D eigenvalue weighted by molar-refractivity contribution is 5.99. The first-order chi connectivity index (χ1) is 13.2. The molecule has 0 radical (unpaired) electrons. The number of carbonyl (C=O) groups is 1. The molecule has 0 spiro atoms. The first-order valence-corrected chi connectivity index (χ1v) is 9.70. The van der Waals surface area contributed by atoms with Crippen LogP contribution in [0.25, 0.3) is 0 Å². The van der Waals surface area contributed by atoms with Crippen LogP contribution < -0.4 is 9.47 Å². The van der Waals surface area contributed by atoms with Crippen LogP contribution >= 0.6 is 0 Å². The van der Waals surface area contributed by atoms with Gasteiger partial charge in [0.25, 0.3) is 5.91 Å². The summed E-state index contributed by atoms with van der Waals surface area (Å²) in [5.41, 5.74) is 0.505. The predicted octanol–water partition coefficient (Wildman–Crippen LogP) is 3.72. The fourth-order valence-corrected chi connectivity index (χ4v) is 3.76. The summed E-state index contributed by atoms with van der Waals surface area (Å²) in [5.74, 6) is 2.64. The van der Waals surface area contributed by atoms with E-state index in [4.69, 9.17) is 9.47 Å². The van der Waals surface area contributed by atoms with Crippen molar-refractivity contribution in [1.29, 1.82) is 0 Å². The van der Waals surface area contributed by atoms with Gasteiger partial charge in [-0.05, 0) is 31.4 Å². The summed E-state index contributed by atoms with van der Waals surface area (Å²) >= 11 is 0. The number of imidazole rings is 1. The Labute approximate surface area is 161 Å². The lowest BCUT2D eigenvalue weighted by molar-refractivity contribution is 0.0703. The molecule has 1 amide bonds. The molecule has 0 N–H and O–H groups in total. The normalized spacial score (nSPS) is 15.0. The molecule has 6 nitrogen and oxygen atoms in total. The number of rotatable bonds is 7. The van der Waals surface area contributed by atoms with Gasteiger partial charge in [0, 0.05) is 37.9 Å². The molecule has 3 rings (SSSR count). The van der Waals surface area contributed by atoms with Crippen LogP contribution in [-0.2, 0) is 6.54 Å². The second-order valence-electron chi connectivity index (χ2n) is 6.94. The van der Waals surface area contributed by atoms with Crippen molar-refractivity contribution >= 4 is 5.91 Å². The van der Waals surface area contributed by atoms with Crippen molar-refractivity contribution in [3.8, 4) is 11.5 Å². The van der Waals surface area contributed by atoms with E-state index in [9.17, 15) is 4.79 Å². The van der Waals surface area contributed by atoms with E-state index in [1.54, 1.807) is 26.4 Å². The predicted molar refractivity (Wildman–Crippen MR) is 105 cm³/mol. The maximum absolute atomic E-state index is 13.1. The number of methoxy groups -OCH3 is 2. The molecule has 1 aromatic heterocycles. The third kappa shape index (κ3) is 4.10. The lowest BCUT2D eigenvalue weighted by Gasteiger charge is -2.32. The fourth-order valence-electron chi connectivity index (χ4n) is 3.76. The number of amides is 1. The average Bonchev–Trinajstić information content (AvgIpc) is 3.19. The van der Waals surface area contributed by atoms with Crippen LogP contribution in [0.15, 0.2) is 30.6 Å². The molecule has 0 bridgehead atoms. The Morgan fingerprint density at radius 3 is 2.44 bits per heavy atom. The van der Waals surface area contributed by atoms with E-state index in [1.807, 2.05) is 17.2 Å². The van der Waals surface area contributed by atoms with Crippen molar-refractivity contribution in [2.75, 3.05) is 27.3 Å². The van der Waals surface area contributed by atoms with Gasteiger partial charge < -0.3 is 18.9 Å². The van der Waals surface area contributed by atoms with Crippen molar-refractivity contribution in [3.05, 3.63) is 42.0 Å². The summed E-state index contributed by atoms with van der Waals surface area (Å²) in [7, 11) is 3.15. The number of nitrogens with zero attached hydrogens (tertiary/aromatic N) is 3. The molecule has 2 heterocycles. The number of unbranched alkanes of at least 4 members (excludes halogenated alkanes) is 1. The van der Waals surface area contributed by atoms with E-state index in [2.05, 4.69) is 22.7 Å². The summed E-state index contributed by atoms with van der Waals surface area (Å²) in [5, 5.41) is 0. The summed E-state index contributed by atoms with van der Waals surface area (Å²) in [4.78, 5) is 19.6. The zero-order chi connectivity index (χ0) is 19.2. The number of hydrogen-bond acceptors (Lipinski definition) is 4. The minimum atomic E-state index is -0.0305. The quantitative estimate of drug-likeness (QED) is 0.744. The van der Waals surface area contributed by atoms with Crippen LogP contribution in [0.3, 0.4) is 0 Å². The van der Waals surface area contributed by atoms with Gasteiger partial charge in [-0.2, -0.15) is 0 Å². The van der Waals surface area contributed by atoms with E-state index < -0.39 is 0 Å². The minimum absolute atomic E-state index is 0.0305. The van der Waals surface area contributed by atoms with Gasteiger partial charge in [0.1, 0.15) is 22.9 Å². The molecule has 1 fully saturated rings. The monoisotopic (exact) mass is 371 g/mol. The summed E-state index contributed by atoms with van der Waals surface area (Å²) in [6.07, 6.45) is 8.14. The van der Waals surface area contributed by atoms with Gasteiger partial charge in [-0.25, -0.2) is 4.98 Å². The highest BCUT2D eigenvalue weighted by atomic mass is 16.5. The van der Waals surface area contributed by atoms with Gasteiger partial charge >= 0.3 is 0 Å². The van der Waals surface area contributed by atoms with Crippen LogP contribution in [0.1, 0.15) is 54.7 Å². The van der Waals surface area contributed by atoms with Gasteiger partial charge in [-0.15, -0.1) is 0 Å². The van der Waals surface area contributed by atoms with Gasteiger partial charge in [0.2, 0.25) is 0 Å². The molecule has 1 aliphatic heterocycles. The zero-order valence-corrected chi connectivity index (χ0v) is 16.5. The van der Waals surface area contributed by atoms with Crippen molar-refractivity contribution in [2.45, 2.75) is 45.1 Å². The summed E-state index contributed by atoms with van der Waals surface area (Å²) in [6.45, 7) is 4.65. The summed E-state index contributed by atoms with van der Waals surface area (Å²) in [6, 6.07) is 5.43. The minimum Gasteiger partial charge on any atom is -0.496 e. The topological polar surface area (TPSA) is 56.6 Å². The third-order valence-electron chi connectivity index (χ3n) is 5.29. The lowest BCUT2D eigenvalue weighted by Crippen LogP contribution is -2.38. The van der Waals surface area contributed by atoms with Crippen molar-refractivity contribution < 1.29 is 14.3 Å². The van der Waals surface area contributed by atoms with Gasteiger partial charge in [-0.1, -0.05) is 19.4 Å². The van der Waals surface area contributed by atoms with E-state index in [0.717, 1.165) is 31.6 Å². The van der Waals surface area contributed by atoms with Crippen LogP contribution in [-0.4, -0.2) is 47.7 Å². The van der Waals surface area contributed by atoms with Crippen molar-refractivity contribution in [2.24, 2.45) is 0 Å². The van der Waals surface area contributed by atoms with Crippen LogP contribution in [0.5, 0.6) is 11.5 Å². The molecule has 1 aromatic carbocycles. The van der Waals surface area contributed by atoms with Gasteiger partial charge in [-0.3, -0.25) is 4.79 Å². The number of benzene rings is 1. The molecule has 146 valence electrons. The third-order valence-corrected chi connectivity index (χ3v) is 5.29. The van der Waals surface area contributed by atoms with Crippen molar-refractivity contribution in [1.82, 2.24) is 14.5 Å².